The molecule has 1 aliphatic rings. The molecule has 0 unspecified atom stereocenters. The van der Waals surface area contributed by atoms with E-state index in [2.05, 4.69) is 14.7 Å². The van der Waals surface area contributed by atoms with Gasteiger partial charge >= 0.3 is 0 Å². The van der Waals surface area contributed by atoms with Gasteiger partial charge < -0.3 is 0 Å². The Morgan fingerprint density at radius 1 is 1.03 bits per heavy atom. The number of hydrogen-bond donors (Lipinski definition) is 1. The van der Waals surface area contributed by atoms with Gasteiger partial charge in [-0.3, -0.25) is 29.2 Å². The predicted octanol–water partition coefficient (Wildman–Crippen LogP) is 2.21. The van der Waals surface area contributed by atoms with Crippen LogP contribution in [-0.4, -0.2) is 35.1 Å². The molecule has 0 fully saturated rings. The number of carbonyl (C=O) groups excluding carboxylic acids is 2. The van der Waals surface area contributed by atoms with Gasteiger partial charge in [-0.15, -0.1) is 0 Å². The van der Waals surface area contributed by atoms with E-state index in [1.165, 1.54) is 48.9 Å². The van der Waals surface area contributed by atoms with Crippen LogP contribution in [-0.2, 0) is 16.6 Å². The van der Waals surface area contributed by atoms with Crippen molar-refractivity contribution in [2.75, 3.05) is 4.72 Å². The lowest BCUT2D eigenvalue weighted by atomic mass is 10.2. The lowest BCUT2D eigenvalue weighted by Crippen LogP contribution is -2.30. The lowest BCUT2D eigenvalue weighted by molar-refractivity contribution is 0.0639. The van der Waals surface area contributed by atoms with Gasteiger partial charge in [0.25, 0.3) is 21.8 Å². The molecule has 2 amide bonds. The standard InChI is InChI=1S/C19H13FN4O4S/c20-13-6-5-12(11-24-18(25)15-4-2-8-22-17(15)19(24)26)16(9-13)29(27,28)23-14-3-1-7-21-10-14/h1-10,23H,11H2. The maximum atomic E-state index is 13.8. The molecule has 29 heavy (non-hydrogen) atoms. The molecule has 0 bridgehead atoms. The summed E-state index contributed by atoms with van der Waals surface area (Å²) in [5.41, 5.74) is 0.403. The van der Waals surface area contributed by atoms with Crippen molar-refractivity contribution in [3.8, 4) is 0 Å². The first-order valence-electron chi connectivity index (χ1n) is 8.39. The zero-order chi connectivity index (χ0) is 20.6. The Hall–Kier alpha value is -3.66. The number of hydrogen-bond acceptors (Lipinski definition) is 6. The number of imide groups is 1. The van der Waals surface area contributed by atoms with E-state index in [0.717, 1.165) is 17.0 Å². The highest BCUT2D eigenvalue weighted by Gasteiger charge is 2.37. The number of sulfonamides is 1. The molecule has 8 nitrogen and oxygen atoms in total. The molecule has 0 saturated carbocycles. The molecule has 1 aliphatic heterocycles. The molecule has 0 saturated heterocycles. The molecular formula is C19H13FN4O4S. The summed E-state index contributed by atoms with van der Waals surface area (Å²) in [4.78, 5) is 33.3. The number of anilines is 1. The van der Waals surface area contributed by atoms with Gasteiger partial charge in [0.2, 0.25) is 0 Å². The number of pyridine rings is 2. The van der Waals surface area contributed by atoms with Crippen LogP contribution in [0.15, 0.2) is 66.0 Å². The third-order valence-corrected chi connectivity index (χ3v) is 5.76. The fourth-order valence-corrected chi connectivity index (χ4v) is 4.26. The zero-order valence-corrected chi connectivity index (χ0v) is 15.6. The van der Waals surface area contributed by atoms with Gasteiger partial charge in [-0.05, 0) is 42.0 Å². The van der Waals surface area contributed by atoms with Crippen molar-refractivity contribution < 1.29 is 22.4 Å². The van der Waals surface area contributed by atoms with Crippen molar-refractivity contribution in [1.29, 1.82) is 0 Å². The molecule has 146 valence electrons. The van der Waals surface area contributed by atoms with Crippen molar-refractivity contribution in [2.24, 2.45) is 0 Å². The molecule has 0 radical (unpaired) electrons. The molecule has 0 spiro atoms. The highest BCUT2D eigenvalue weighted by Crippen LogP contribution is 2.26. The second-order valence-electron chi connectivity index (χ2n) is 6.20. The molecule has 1 N–H and O–H groups in total. The number of rotatable bonds is 5. The first-order chi connectivity index (χ1) is 13.9. The SMILES string of the molecule is O=C1c2cccnc2C(=O)N1Cc1ccc(F)cc1S(=O)(=O)Nc1cccnc1. The molecule has 4 rings (SSSR count). The summed E-state index contributed by atoms with van der Waals surface area (Å²) in [6.07, 6.45) is 4.16. The van der Waals surface area contributed by atoms with E-state index in [1.54, 1.807) is 0 Å². The summed E-state index contributed by atoms with van der Waals surface area (Å²) >= 11 is 0. The van der Waals surface area contributed by atoms with Gasteiger partial charge in [0, 0.05) is 12.4 Å². The van der Waals surface area contributed by atoms with E-state index in [1.807, 2.05) is 0 Å². The van der Waals surface area contributed by atoms with Gasteiger partial charge in [0.1, 0.15) is 11.5 Å². The van der Waals surface area contributed by atoms with Crippen LogP contribution >= 0.6 is 0 Å². The van der Waals surface area contributed by atoms with Crippen LogP contribution in [0.3, 0.4) is 0 Å². The number of halogens is 1. The van der Waals surface area contributed by atoms with Gasteiger partial charge in [-0.2, -0.15) is 0 Å². The Bertz CT molecular complexity index is 1200. The minimum absolute atomic E-state index is 0.00231. The Balaban J connectivity index is 1.70. The Labute approximate surface area is 165 Å². The smallest absolute Gasteiger partial charge is 0.278 e. The number of carbonyl (C=O) groups is 2. The summed E-state index contributed by atoms with van der Waals surface area (Å²) in [7, 11) is -4.21. The van der Waals surface area contributed by atoms with Gasteiger partial charge in [0.05, 0.1) is 28.9 Å². The first-order valence-corrected chi connectivity index (χ1v) is 9.87. The molecule has 3 aromatic rings. The van der Waals surface area contributed by atoms with Gasteiger partial charge in [-0.25, -0.2) is 12.8 Å². The minimum atomic E-state index is -4.21. The summed E-state index contributed by atoms with van der Waals surface area (Å²) in [5.74, 6) is -2.01. The zero-order valence-electron chi connectivity index (χ0n) is 14.7. The molecule has 1 aromatic carbocycles. The Kier molecular flexibility index (Phi) is 4.55. The minimum Gasteiger partial charge on any atom is -0.278 e. The van der Waals surface area contributed by atoms with Crippen molar-refractivity contribution in [3.05, 3.63) is 83.7 Å². The van der Waals surface area contributed by atoms with Crippen molar-refractivity contribution in [1.82, 2.24) is 14.9 Å². The van der Waals surface area contributed by atoms with Crippen LogP contribution in [0.4, 0.5) is 10.1 Å². The highest BCUT2D eigenvalue weighted by atomic mass is 32.2. The second kappa shape index (κ2) is 7.06. The highest BCUT2D eigenvalue weighted by molar-refractivity contribution is 7.92. The average molecular weight is 412 g/mol. The third kappa shape index (κ3) is 3.45. The first kappa shape index (κ1) is 18.7. The quantitative estimate of drug-likeness (QED) is 0.644. The van der Waals surface area contributed by atoms with Gasteiger partial charge in [-0.1, -0.05) is 6.07 Å². The summed E-state index contributed by atoms with van der Waals surface area (Å²) in [6, 6.07) is 9.15. The lowest BCUT2D eigenvalue weighted by Gasteiger charge is -2.17. The number of benzene rings is 1. The van der Waals surface area contributed by atoms with E-state index in [9.17, 15) is 22.4 Å². The van der Waals surface area contributed by atoms with Crippen molar-refractivity contribution >= 4 is 27.5 Å². The molecule has 10 heteroatoms. The number of amides is 2. The van der Waals surface area contributed by atoms with Crippen LogP contribution in [0.25, 0.3) is 0 Å². The van der Waals surface area contributed by atoms with E-state index >= 15 is 0 Å². The maximum absolute atomic E-state index is 13.8. The molecular weight excluding hydrogens is 399 g/mol. The fourth-order valence-electron chi connectivity index (χ4n) is 2.97. The predicted molar refractivity (Wildman–Crippen MR) is 99.9 cm³/mol. The van der Waals surface area contributed by atoms with Crippen LogP contribution in [0.5, 0.6) is 0 Å². The number of aromatic nitrogens is 2. The van der Waals surface area contributed by atoms with Crippen LogP contribution in [0, 0.1) is 5.82 Å². The molecule has 2 aromatic heterocycles. The van der Waals surface area contributed by atoms with Crippen LogP contribution in [0.2, 0.25) is 0 Å². The third-order valence-electron chi connectivity index (χ3n) is 4.29. The number of nitrogens with one attached hydrogen (secondary N) is 1. The summed E-state index contributed by atoms with van der Waals surface area (Å²) < 4.78 is 41.8. The Morgan fingerprint density at radius 2 is 1.83 bits per heavy atom. The van der Waals surface area contributed by atoms with Crippen LogP contribution in [0.1, 0.15) is 26.4 Å². The fraction of sp³-hybridized carbons (Fsp3) is 0.0526. The van der Waals surface area contributed by atoms with Crippen molar-refractivity contribution in [3.63, 3.8) is 0 Å². The molecule has 3 heterocycles. The van der Waals surface area contributed by atoms with E-state index in [4.69, 9.17) is 0 Å². The van der Waals surface area contributed by atoms with Crippen LogP contribution < -0.4 is 4.72 Å². The van der Waals surface area contributed by atoms with Crippen molar-refractivity contribution in [2.45, 2.75) is 11.4 Å². The Morgan fingerprint density at radius 3 is 2.55 bits per heavy atom. The summed E-state index contributed by atoms with van der Waals surface area (Å²) in [5, 5.41) is 0. The topological polar surface area (TPSA) is 109 Å². The molecule has 0 aliphatic carbocycles. The summed E-state index contributed by atoms with van der Waals surface area (Å²) in [6.45, 7) is -0.350. The maximum Gasteiger partial charge on any atom is 0.280 e. The second-order valence-corrected chi connectivity index (χ2v) is 7.85. The van der Waals surface area contributed by atoms with E-state index in [-0.39, 0.29) is 33.9 Å². The largest absolute Gasteiger partial charge is 0.280 e. The number of nitrogens with zero attached hydrogens (tertiary/aromatic N) is 3. The van der Waals surface area contributed by atoms with E-state index < -0.39 is 27.7 Å². The average Bonchev–Trinajstić information content (AvgIpc) is 2.95. The monoisotopic (exact) mass is 412 g/mol. The normalized spacial score (nSPS) is 13.5. The van der Waals surface area contributed by atoms with E-state index in [0.29, 0.717) is 0 Å². The number of fused-ring (bicyclic) bond motifs is 1. The van der Waals surface area contributed by atoms with Gasteiger partial charge in [0.15, 0.2) is 0 Å². The molecule has 0 atom stereocenters.